The number of aryl methyl sites for hydroxylation is 2. The smallest absolute Gasteiger partial charge is 0.259 e. The third kappa shape index (κ3) is 0.789. The first kappa shape index (κ1) is 7.62. The lowest BCUT2D eigenvalue weighted by Gasteiger charge is -2.11. The van der Waals surface area contributed by atoms with Crippen LogP contribution in [-0.4, -0.2) is 10.1 Å². The van der Waals surface area contributed by atoms with Gasteiger partial charge in [-0.05, 0) is 24.0 Å². The van der Waals surface area contributed by atoms with E-state index in [1.807, 2.05) is 18.2 Å². The highest BCUT2D eigenvalue weighted by atomic mass is 16.3. The molecule has 14 heavy (non-hydrogen) atoms. The van der Waals surface area contributed by atoms with Gasteiger partial charge in [0.2, 0.25) is 0 Å². The van der Waals surface area contributed by atoms with Crippen molar-refractivity contribution >= 4 is 0 Å². The molecule has 0 spiro atoms. The van der Waals surface area contributed by atoms with Gasteiger partial charge in [0.05, 0.1) is 11.1 Å². The van der Waals surface area contributed by atoms with Crippen molar-refractivity contribution in [1.82, 2.24) is 4.98 Å². The minimum Gasteiger partial charge on any atom is -0.494 e. The summed E-state index contributed by atoms with van der Waals surface area (Å²) in [5, 5.41) is 9.59. The first-order valence-corrected chi connectivity index (χ1v) is 4.63. The maximum atomic E-state index is 11.5. The van der Waals surface area contributed by atoms with Crippen LogP contribution in [0.2, 0.25) is 0 Å². The average molecular weight is 187 g/mol. The zero-order valence-electron chi connectivity index (χ0n) is 7.50. The fourth-order valence-corrected chi connectivity index (χ4v) is 2.22. The van der Waals surface area contributed by atoms with Crippen molar-refractivity contribution in [3.63, 3.8) is 0 Å². The molecule has 0 aromatic carbocycles. The van der Waals surface area contributed by atoms with E-state index < -0.39 is 0 Å². The Morgan fingerprint density at radius 3 is 2.50 bits per heavy atom. The number of nitrogens with one attached hydrogen (secondary N) is 1. The molecule has 0 fully saturated rings. The highest BCUT2D eigenvalue weighted by Crippen LogP contribution is 2.37. The van der Waals surface area contributed by atoms with Gasteiger partial charge in [0.1, 0.15) is 0 Å². The molecule has 0 saturated carbocycles. The fourth-order valence-electron chi connectivity index (χ4n) is 2.22. The average Bonchev–Trinajstić information content (AvgIpc) is 2.42. The first-order valence-electron chi connectivity index (χ1n) is 4.63. The van der Waals surface area contributed by atoms with E-state index in [4.69, 9.17) is 0 Å². The van der Waals surface area contributed by atoms with Gasteiger partial charge in [0, 0.05) is 0 Å². The summed E-state index contributed by atoms with van der Waals surface area (Å²) in [7, 11) is 0. The van der Waals surface area contributed by atoms with Crippen LogP contribution in [0.1, 0.15) is 11.1 Å². The lowest BCUT2D eigenvalue weighted by atomic mass is 9.91. The Labute approximate surface area is 80.4 Å². The second-order valence-electron chi connectivity index (χ2n) is 3.63. The Hall–Kier alpha value is -1.77. The molecule has 3 aliphatic carbocycles. The highest BCUT2D eigenvalue weighted by molar-refractivity contribution is 5.77. The molecule has 2 N–H and O–H groups in total. The monoisotopic (exact) mass is 187 g/mol. The van der Waals surface area contributed by atoms with E-state index in [-0.39, 0.29) is 11.4 Å². The van der Waals surface area contributed by atoms with Gasteiger partial charge in [-0.15, -0.1) is 0 Å². The number of hydrogen-bond donors (Lipinski definition) is 2. The highest BCUT2D eigenvalue weighted by Gasteiger charge is 2.24. The number of aromatic amines is 1. The van der Waals surface area contributed by atoms with Crippen LogP contribution in [0.4, 0.5) is 0 Å². The van der Waals surface area contributed by atoms with E-state index in [1.165, 1.54) is 0 Å². The standard InChI is InChI=1S/C11H9NO2/c13-10-8-6-2-1-3-7(5-4-6)9(8)11(14)12-10/h1-3H,4-5H2,(H2,12,13,14). The van der Waals surface area contributed by atoms with Crippen LogP contribution in [0, 0.1) is 0 Å². The van der Waals surface area contributed by atoms with Gasteiger partial charge in [-0.3, -0.25) is 9.78 Å². The minimum atomic E-state index is -0.176. The molecule has 1 heterocycles. The van der Waals surface area contributed by atoms with E-state index in [0.29, 0.717) is 11.1 Å². The Morgan fingerprint density at radius 2 is 1.79 bits per heavy atom. The summed E-state index contributed by atoms with van der Waals surface area (Å²) in [6.45, 7) is 0. The molecule has 0 aromatic rings. The van der Waals surface area contributed by atoms with Gasteiger partial charge in [-0.25, -0.2) is 0 Å². The van der Waals surface area contributed by atoms with Gasteiger partial charge in [0.15, 0.2) is 5.88 Å². The van der Waals surface area contributed by atoms with Crippen LogP contribution in [0.25, 0.3) is 11.1 Å². The maximum absolute atomic E-state index is 11.5. The van der Waals surface area contributed by atoms with Gasteiger partial charge in [-0.2, -0.15) is 0 Å². The molecule has 70 valence electrons. The van der Waals surface area contributed by atoms with Crippen LogP contribution < -0.4 is 5.56 Å². The summed E-state index contributed by atoms with van der Waals surface area (Å²) in [6.07, 6.45) is 1.79. The Bertz CT molecular complexity index is 542. The summed E-state index contributed by atoms with van der Waals surface area (Å²) < 4.78 is 0. The number of rotatable bonds is 0. The first-order chi connectivity index (χ1) is 6.77. The Morgan fingerprint density at radius 1 is 1.14 bits per heavy atom. The summed E-state index contributed by atoms with van der Waals surface area (Å²) in [5.74, 6) is 0.0112. The molecule has 1 aliphatic heterocycles. The topological polar surface area (TPSA) is 53.1 Å². The largest absolute Gasteiger partial charge is 0.494 e. The van der Waals surface area contributed by atoms with Crippen molar-refractivity contribution in [1.29, 1.82) is 0 Å². The van der Waals surface area contributed by atoms with Crippen molar-refractivity contribution in [2.75, 3.05) is 0 Å². The number of H-pyrrole nitrogens is 1. The molecule has 2 bridgehead atoms. The molecule has 0 radical (unpaired) electrons. The van der Waals surface area contributed by atoms with E-state index in [2.05, 4.69) is 4.98 Å². The lowest BCUT2D eigenvalue weighted by molar-refractivity contribution is 0.457. The molecule has 0 amide bonds. The van der Waals surface area contributed by atoms with Crippen LogP contribution in [0.3, 0.4) is 0 Å². The summed E-state index contributed by atoms with van der Waals surface area (Å²) in [4.78, 5) is 14.0. The predicted octanol–water partition coefficient (Wildman–Crippen LogP) is 1.28. The SMILES string of the molecule is O=c1[nH]c(O)c2c3cccc(c1-2)CC3. The normalized spacial score (nSPS) is 13.7. The van der Waals surface area contributed by atoms with E-state index in [9.17, 15) is 9.90 Å². The zero-order valence-corrected chi connectivity index (χ0v) is 7.50. The van der Waals surface area contributed by atoms with Crippen molar-refractivity contribution in [2.24, 2.45) is 0 Å². The van der Waals surface area contributed by atoms with Crippen LogP contribution in [0.5, 0.6) is 5.88 Å². The van der Waals surface area contributed by atoms with Crippen molar-refractivity contribution in [2.45, 2.75) is 12.8 Å². The van der Waals surface area contributed by atoms with Crippen molar-refractivity contribution < 1.29 is 5.11 Å². The minimum absolute atomic E-state index is 0.0112. The second kappa shape index (κ2) is 2.38. The Kier molecular flexibility index (Phi) is 1.29. The maximum Gasteiger partial charge on any atom is 0.259 e. The predicted molar refractivity (Wildman–Crippen MR) is 52.8 cm³/mol. The third-order valence-electron chi connectivity index (χ3n) is 2.85. The van der Waals surface area contributed by atoms with E-state index in [1.54, 1.807) is 0 Å². The zero-order chi connectivity index (χ0) is 9.71. The van der Waals surface area contributed by atoms with Crippen LogP contribution >= 0.6 is 0 Å². The molecule has 0 aromatic heterocycles. The lowest BCUT2D eigenvalue weighted by Crippen LogP contribution is -2.07. The van der Waals surface area contributed by atoms with E-state index >= 15 is 0 Å². The van der Waals surface area contributed by atoms with Gasteiger partial charge in [-0.1, -0.05) is 18.2 Å². The number of fused-ring (bicyclic) bond motifs is 3. The number of aromatic nitrogens is 1. The molecule has 4 aliphatic rings. The van der Waals surface area contributed by atoms with E-state index in [0.717, 1.165) is 24.0 Å². The van der Waals surface area contributed by atoms with Crippen LogP contribution in [-0.2, 0) is 12.8 Å². The van der Waals surface area contributed by atoms with Gasteiger partial charge in [0.25, 0.3) is 5.56 Å². The molecular formula is C11H9NO2. The fraction of sp³-hybridized carbons (Fsp3) is 0.182. The summed E-state index contributed by atoms with van der Waals surface area (Å²) in [5.41, 5.74) is 3.27. The molecule has 3 nitrogen and oxygen atoms in total. The molecule has 0 unspecified atom stereocenters. The molecule has 0 atom stereocenters. The molecular weight excluding hydrogens is 178 g/mol. The third-order valence-corrected chi connectivity index (χ3v) is 2.85. The van der Waals surface area contributed by atoms with Crippen molar-refractivity contribution in [3.05, 3.63) is 39.7 Å². The molecule has 3 heteroatoms. The molecule has 4 rings (SSSR count). The van der Waals surface area contributed by atoms with Gasteiger partial charge >= 0.3 is 0 Å². The second-order valence-corrected chi connectivity index (χ2v) is 3.63. The quantitative estimate of drug-likeness (QED) is 0.652. The Balaban J connectivity index is 2.57. The van der Waals surface area contributed by atoms with Crippen LogP contribution in [0.15, 0.2) is 23.0 Å². The van der Waals surface area contributed by atoms with Crippen molar-refractivity contribution in [3.8, 4) is 17.0 Å². The summed E-state index contributed by atoms with van der Waals surface area (Å²) in [6, 6.07) is 5.86. The molecule has 0 saturated heterocycles. The van der Waals surface area contributed by atoms with Gasteiger partial charge < -0.3 is 5.11 Å². The number of hydrogen-bond acceptors (Lipinski definition) is 2. The number of aromatic hydroxyl groups is 1. The summed E-state index contributed by atoms with van der Waals surface area (Å²) >= 11 is 0.